The van der Waals surface area contributed by atoms with Crippen LogP contribution in [0.5, 0.6) is 0 Å². The van der Waals surface area contributed by atoms with Crippen LogP contribution in [0.1, 0.15) is 24.3 Å². The number of hydrogen-bond acceptors (Lipinski definition) is 3. The fourth-order valence-corrected chi connectivity index (χ4v) is 2.24. The average molecular weight is 235 g/mol. The van der Waals surface area contributed by atoms with Crippen LogP contribution in [-0.2, 0) is 0 Å². The molecule has 2 N–H and O–H groups in total. The maximum atomic E-state index is 12.3. The number of amides is 1. The highest BCUT2D eigenvalue weighted by molar-refractivity contribution is 5.92. The number of carbonyl (C=O) groups is 1. The molecule has 2 heterocycles. The molecule has 0 spiro atoms. The van der Waals surface area contributed by atoms with E-state index in [1.54, 1.807) is 12.1 Å². The van der Waals surface area contributed by atoms with Gasteiger partial charge in [0.1, 0.15) is 5.69 Å². The molecule has 0 radical (unpaired) electrons. The largest absolute Gasteiger partial charge is 0.329 e. The number of aromatic amines is 1. The summed E-state index contributed by atoms with van der Waals surface area (Å²) in [6.45, 7) is 5.57. The molecule has 1 aromatic heterocycles. The quantitative estimate of drug-likeness (QED) is 0.730. The fourth-order valence-electron chi connectivity index (χ4n) is 2.24. The molecule has 2 rings (SSSR count). The Morgan fingerprint density at radius 2 is 1.94 bits per heavy atom. The zero-order valence-corrected chi connectivity index (χ0v) is 10.1. The lowest BCUT2D eigenvalue weighted by molar-refractivity contribution is 0.0538. The second kappa shape index (κ2) is 4.71. The van der Waals surface area contributed by atoms with Crippen LogP contribution in [0.4, 0.5) is 0 Å². The Hall–Kier alpha value is -1.62. The van der Waals surface area contributed by atoms with Crippen molar-refractivity contribution in [3.63, 3.8) is 0 Å². The Bertz CT molecular complexity index is 459. The van der Waals surface area contributed by atoms with E-state index in [2.05, 4.69) is 10.3 Å². The first-order valence-electron chi connectivity index (χ1n) is 5.82. The number of H-pyrrole nitrogens is 1. The van der Waals surface area contributed by atoms with Crippen molar-refractivity contribution in [2.45, 2.75) is 25.9 Å². The second-order valence-corrected chi connectivity index (χ2v) is 4.50. The van der Waals surface area contributed by atoms with Crippen LogP contribution in [-0.4, -0.2) is 41.0 Å². The molecule has 1 aliphatic heterocycles. The highest BCUT2D eigenvalue weighted by Gasteiger charge is 2.29. The highest BCUT2D eigenvalue weighted by atomic mass is 16.2. The van der Waals surface area contributed by atoms with Crippen molar-refractivity contribution < 1.29 is 4.79 Å². The number of pyridine rings is 1. The topological polar surface area (TPSA) is 65.2 Å². The Morgan fingerprint density at radius 3 is 2.53 bits per heavy atom. The molecular formula is C12H17N3O2. The SMILES string of the molecule is CC1CNCC(C)N1C(=O)c1cccc(=O)[nH]1. The molecule has 1 fully saturated rings. The molecule has 0 aromatic carbocycles. The van der Waals surface area contributed by atoms with Crippen LogP contribution in [0, 0.1) is 0 Å². The molecule has 92 valence electrons. The van der Waals surface area contributed by atoms with Crippen molar-refractivity contribution in [2.75, 3.05) is 13.1 Å². The molecular weight excluding hydrogens is 218 g/mol. The van der Waals surface area contributed by atoms with Crippen LogP contribution in [0.25, 0.3) is 0 Å². The number of hydrogen-bond donors (Lipinski definition) is 2. The number of rotatable bonds is 1. The van der Waals surface area contributed by atoms with Crippen molar-refractivity contribution in [1.29, 1.82) is 0 Å². The molecule has 0 bridgehead atoms. The van der Waals surface area contributed by atoms with Gasteiger partial charge in [0.15, 0.2) is 0 Å². The number of piperazine rings is 1. The summed E-state index contributed by atoms with van der Waals surface area (Å²) in [6, 6.07) is 4.92. The van der Waals surface area contributed by atoms with Crippen LogP contribution >= 0.6 is 0 Å². The smallest absolute Gasteiger partial charge is 0.270 e. The van der Waals surface area contributed by atoms with E-state index >= 15 is 0 Å². The predicted octanol–water partition coefficient (Wildman–Crippen LogP) is 0.197. The van der Waals surface area contributed by atoms with Crippen LogP contribution in [0.3, 0.4) is 0 Å². The normalized spacial score (nSPS) is 24.7. The molecule has 5 nitrogen and oxygen atoms in total. The lowest BCUT2D eigenvalue weighted by atomic mass is 10.1. The van der Waals surface area contributed by atoms with Gasteiger partial charge in [-0.25, -0.2) is 0 Å². The molecule has 0 saturated carbocycles. The first-order chi connectivity index (χ1) is 8.09. The van der Waals surface area contributed by atoms with Gasteiger partial charge in [-0.05, 0) is 19.9 Å². The number of nitrogens with one attached hydrogen (secondary N) is 2. The molecule has 1 aliphatic rings. The summed E-state index contributed by atoms with van der Waals surface area (Å²) in [6.07, 6.45) is 0. The van der Waals surface area contributed by atoms with Crippen molar-refractivity contribution in [1.82, 2.24) is 15.2 Å². The third kappa shape index (κ3) is 2.39. The van der Waals surface area contributed by atoms with Gasteiger partial charge >= 0.3 is 0 Å². The standard InChI is InChI=1S/C12H17N3O2/c1-8-6-13-7-9(2)15(8)12(17)10-4-3-5-11(16)14-10/h3-5,8-9,13H,6-7H2,1-2H3,(H,14,16). The van der Waals surface area contributed by atoms with Gasteiger partial charge in [-0.1, -0.05) is 6.07 Å². The van der Waals surface area contributed by atoms with E-state index < -0.39 is 0 Å². The predicted molar refractivity (Wildman–Crippen MR) is 65.0 cm³/mol. The average Bonchev–Trinajstić information content (AvgIpc) is 2.28. The minimum atomic E-state index is -0.244. The third-order valence-corrected chi connectivity index (χ3v) is 3.06. The Morgan fingerprint density at radius 1 is 1.29 bits per heavy atom. The van der Waals surface area contributed by atoms with Crippen LogP contribution < -0.4 is 10.9 Å². The maximum absolute atomic E-state index is 12.3. The van der Waals surface area contributed by atoms with Gasteiger partial charge in [0.25, 0.3) is 5.91 Å². The van der Waals surface area contributed by atoms with E-state index in [9.17, 15) is 9.59 Å². The Kier molecular flexibility index (Phi) is 3.28. The number of carbonyl (C=O) groups excluding carboxylic acids is 1. The zero-order valence-electron chi connectivity index (χ0n) is 10.1. The van der Waals surface area contributed by atoms with E-state index in [1.165, 1.54) is 6.07 Å². The first-order valence-corrected chi connectivity index (χ1v) is 5.82. The molecule has 2 unspecified atom stereocenters. The summed E-state index contributed by atoms with van der Waals surface area (Å²) >= 11 is 0. The molecule has 17 heavy (non-hydrogen) atoms. The van der Waals surface area contributed by atoms with Crippen molar-refractivity contribution in [3.05, 3.63) is 34.2 Å². The molecule has 5 heteroatoms. The maximum Gasteiger partial charge on any atom is 0.270 e. The van der Waals surface area contributed by atoms with E-state index in [4.69, 9.17) is 0 Å². The number of nitrogens with zero attached hydrogens (tertiary/aromatic N) is 1. The van der Waals surface area contributed by atoms with Crippen molar-refractivity contribution in [3.8, 4) is 0 Å². The summed E-state index contributed by atoms with van der Waals surface area (Å²) in [5.41, 5.74) is 0.115. The zero-order chi connectivity index (χ0) is 12.4. The number of aromatic nitrogens is 1. The summed E-state index contributed by atoms with van der Waals surface area (Å²) in [7, 11) is 0. The molecule has 0 aliphatic carbocycles. The van der Waals surface area contributed by atoms with E-state index in [0.717, 1.165) is 13.1 Å². The van der Waals surface area contributed by atoms with E-state index in [-0.39, 0.29) is 23.6 Å². The minimum absolute atomic E-state index is 0.107. The summed E-state index contributed by atoms with van der Waals surface area (Å²) in [5.74, 6) is -0.107. The summed E-state index contributed by atoms with van der Waals surface area (Å²) in [5, 5.41) is 3.27. The third-order valence-electron chi connectivity index (χ3n) is 3.06. The van der Waals surface area contributed by atoms with Gasteiger partial charge < -0.3 is 15.2 Å². The molecule has 1 saturated heterocycles. The van der Waals surface area contributed by atoms with Crippen molar-refractivity contribution >= 4 is 5.91 Å². The summed E-state index contributed by atoms with van der Waals surface area (Å²) < 4.78 is 0. The van der Waals surface area contributed by atoms with Gasteiger partial charge in [-0.2, -0.15) is 0 Å². The van der Waals surface area contributed by atoms with E-state index in [0.29, 0.717) is 5.69 Å². The van der Waals surface area contributed by atoms with Gasteiger partial charge in [-0.3, -0.25) is 9.59 Å². The second-order valence-electron chi connectivity index (χ2n) is 4.50. The monoisotopic (exact) mass is 235 g/mol. The fraction of sp³-hybridized carbons (Fsp3) is 0.500. The molecule has 1 amide bonds. The summed E-state index contributed by atoms with van der Waals surface area (Å²) in [4.78, 5) is 27.9. The Labute approximate surface area is 99.8 Å². The van der Waals surface area contributed by atoms with Gasteiger partial charge in [0, 0.05) is 31.2 Å². The van der Waals surface area contributed by atoms with Crippen LogP contribution in [0.15, 0.2) is 23.0 Å². The van der Waals surface area contributed by atoms with E-state index in [1.807, 2.05) is 18.7 Å². The molecule has 1 aromatic rings. The Balaban J connectivity index is 2.27. The van der Waals surface area contributed by atoms with Gasteiger partial charge in [0.2, 0.25) is 5.56 Å². The lowest BCUT2D eigenvalue weighted by Gasteiger charge is -2.39. The molecule has 2 atom stereocenters. The lowest BCUT2D eigenvalue weighted by Crippen LogP contribution is -2.57. The van der Waals surface area contributed by atoms with Gasteiger partial charge in [-0.15, -0.1) is 0 Å². The van der Waals surface area contributed by atoms with Crippen molar-refractivity contribution in [2.24, 2.45) is 0 Å². The van der Waals surface area contributed by atoms with Crippen LogP contribution in [0.2, 0.25) is 0 Å². The highest BCUT2D eigenvalue weighted by Crippen LogP contribution is 2.13. The van der Waals surface area contributed by atoms with Gasteiger partial charge in [0.05, 0.1) is 0 Å². The minimum Gasteiger partial charge on any atom is -0.329 e. The first kappa shape index (κ1) is 11.9.